The molecule has 0 radical (unpaired) electrons. The normalized spacial score (nSPS) is 16.4. The van der Waals surface area contributed by atoms with Crippen LogP contribution >= 0.6 is 0 Å². The number of nitrogens with one attached hydrogen (secondary N) is 1. The number of nitrogens with zero attached hydrogens (tertiary/aromatic N) is 2. The van der Waals surface area contributed by atoms with E-state index < -0.39 is 12.1 Å². The molecule has 116 valence electrons. The van der Waals surface area contributed by atoms with Gasteiger partial charge in [-0.1, -0.05) is 60.7 Å². The molecular weight excluding hydrogens is 294 g/mol. The highest BCUT2D eigenvalue weighted by atomic mass is 16.4. The molecule has 1 atom stereocenters. The third kappa shape index (κ3) is 3.21. The predicted molar refractivity (Wildman–Crippen MR) is 85.2 cm³/mol. The van der Waals surface area contributed by atoms with E-state index in [-0.39, 0.29) is 12.5 Å². The topological polar surface area (TPSA) is 82.0 Å². The minimum Gasteiger partial charge on any atom is -0.465 e. The van der Waals surface area contributed by atoms with Crippen LogP contribution in [0.3, 0.4) is 0 Å². The highest BCUT2D eigenvalue weighted by molar-refractivity contribution is 6.13. The number of β-lactam (4-membered cyclic amide) rings is 1. The van der Waals surface area contributed by atoms with E-state index in [1.54, 1.807) is 0 Å². The van der Waals surface area contributed by atoms with E-state index in [2.05, 4.69) is 10.4 Å². The smallest absolute Gasteiger partial charge is 0.405 e. The maximum Gasteiger partial charge on any atom is 0.405 e. The largest absolute Gasteiger partial charge is 0.465 e. The Bertz CT molecular complexity index is 703. The molecule has 0 unspecified atom stereocenters. The number of carbonyl (C=O) groups is 2. The molecule has 0 spiro atoms. The Morgan fingerprint density at radius 3 is 2.00 bits per heavy atom. The molecular formula is C17H15N3O3. The van der Waals surface area contributed by atoms with Gasteiger partial charge in [-0.2, -0.15) is 5.10 Å². The number of hydrazone groups is 1. The summed E-state index contributed by atoms with van der Waals surface area (Å²) in [6, 6.07) is 18.4. The van der Waals surface area contributed by atoms with Crippen molar-refractivity contribution in [3.8, 4) is 0 Å². The van der Waals surface area contributed by atoms with Gasteiger partial charge in [-0.3, -0.25) is 4.79 Å². The summed E-state index contributed by atoms with van der Waals surface area (Å²) in [5, 5.41) is 16.6. The van der Waals surface area contributed by atoms with Gasteiger partial charge in [0.05, 0.1) is 12.3 Å². The first-order valence-electron chi connectivity index (χ1n) is 7.15. The van der Waals surface area contributed by atoms with Crippen LogP contribution in [0.5, 0.6) is 0 Å². The van der Waals surface area contributed by atoms with Crippen molar-refractivity contribution >= 4 is 17.7 Å². The Kier molecular flexibility index (Phi) is 4.05. The number of carbonyl (C=O) groups excluding carboxylic acids is 1. The summed E-state index contributed by atoms with van der Waals surface area (Å²) in [7, 11) is 0. The molecule has 2 N–H and O–H groups in total. The minimum atomic E-state index is -1.21. The summed E-state index contributed by atoms with van der Waals surface area (Å²) in [5.74, 6) is -0.350. The molecule has 1 saturated heterocycles. The maximum atomic E-state index is 12.0. The van der Waals surface area contributed by atoms with Crippen LogP contribution in [0.1, 0.15) is 11.1 Å². The fourth-order valence-corrected chi connectivity index (χ4v) is 2.35. The number of benzene rings is 2. The molecule has 2 aromatic carbocycles. The molecule has 1 aliphatic rings. The standard InChI is InChI=1S/C17H15N3O3/c21-16-14(18-17(22)23)11-20(16)19-15(12-7-3-1-4-8-12)13-9-5-2-6-10-13/h1-10,14,18H,11H2,(H,22,23)/t14-/m0/s1. The zero-order valence-corrected chi connectivity index (χ0v) is 12.2. The first kappa shape index (κ1) is 14.8. The van der Waals surface area contributed by atoms with Gasteiger partial charge in [-0.15, -0.1) is 0 Å². The second-order valence-corrected chi connectivity index (χ2v) is 5.10. The molecule has 2 amide bonds. The molecule has 0 aromatic heterocycles. The SMILES string of the molecule is O=C(O)N[C@H]1CN(N=C(c2ccccc2)c2ccccc2)C1=O. The summed E-state index contributed by atoms with van der Waals surface area (Å²) in [5.41, 5.74) is 2.45. The summed E-state index contributed by atoms with van der Waals surface area (Å²) in [6.07, 6.45) is -1.21. The molecule has 1 aliphatic heterocycles. The van der Waals surface area contributed by atoms with Gasteiger partial charge in [0.2, 0.25) is 0 Å². The molecule has 23 heavy (non-hydrogen) atoms. The summed E-state index contributed by atoms with van der Waals surface area (Å²) in [4.78, 5) is 22.6. The predicted octanol–water partition coefficient (Wildman–Crippen LogP) is 1.92. The Hall–Kier alpha value is -3.15. The van der Waals surface area contributed by atoms with E-state index in [9.17, 15) is 9.59 Å². The summed E-state index contributed by atoms with van der Waals surface area (Å²) >= 11 is 0. The Labute approximate surface area is 133 Å². The summed E-state index contributed by atoms with van der Waals surface area (Å²) in [6.45, 7) is 0.230. The molecule has 0 saturated carbocycles. The third-order valence-corrected chi connectivity index (χ3v) is 3.52. The van der Waals surface area contributed by atoms with E-state index >= 15 is 0 Å². The molecule has 1 fully saturated rings. The third-order valence-electron chi connectivity index (χ3n) is 3.52. The van der Waals surface area contributed by atoms with Crippen molar-refractivity contribution in [2.24, 2.45) is 5.10 Å². The van der Waals surface area contributed by atoms with Crippen LogP contribution in [-0.4, -0.2) is 40.4 Å². The zero-order chi connectivity index (χ0) is 16.2. The van der Waals surface area contributed by atoms with E-state index in [1.807, 2.05) is 60.7 Å². The van der Waals surface area contributed by atoms with E-state index in [0.717, 1.165) is 11.1 Å². The van der Waals surface area contributed by atoms with Crippen LogP contribution in [0.15, 0.2) is 65.8 Å². The van der Waals surface area contributed by atoms with Crippen molar-refractivity contribution in [1.82, 2.24) is 10.3 Å². The van der Waals surface area contributed by atoms with Gasteiger partial charge >= 0.3 is 6.09 Å². The molecule has 0 aliphatic carbocycles. The van der Waals surface area contributed by atoms with Gasteiger partial charge in [0.25, 0.3) is 5.91 Å². The Balaban J connectivity index is 1.89. The van der Waals surface area contributed by atoms with Gasteiger partial charge < -0.3 is 10.4 Å². The number of carboxylic acid groups (broad SMARTS) is 1. The van der Waals surface area contributed by atoms with Crippen molar-refractivity contribution < 1.29 is 14.7 Å². The number of rotatable bonds is 4. The van der Waals surface area contributed by atoms with E-state index in [1.165, 1.54) is 5.01 Å². The van der Waals surface area contributed by atoms with Gasteiger partial charge in [0.15, 0.2) is 0 Å². The lowest BCUT2D eigenvalue weighted by Gasteiger charge is -2.34. The van der Waals surface area contributed by atoms with Gasteiger partial charge in [-0.25, -0.2) is 9.80 Å². The van der Waals surface area contributed by atoms with Gasteiger partial charge in [-0.05, 0) is 0 Å². The van der Waals surface area contributed by atoms with E-state index in [0.29, 0.717) is 5.71 Å². The molecule has 3 rings (SSSR count). The second kappa shape index (κ2) is 6.31. The summed E-state index contributed by atoms with van der Waals surface area (Å²) < 4.78 is 0. The van der Waals surface area contributed by atoms with Crippen molar-refractivity contribution in [1.29, 1.82) is 0 Å². The first-order chi connectivity index (χ1) is 11.1. The van der Waals surface area contributed by atoms with Crippen molar-refractivity contribution in [3.63, 3.8) is 0 Å². The monoisotopic (exact) mass is 309 g/mol. The van der Waals surface area contributed by atoms with Crippen LogP contribution in [-0.2, 0) is 4.79 Å². The average Bonchev–Trinajstić information content (AvgIpc) is 2.58. The average molecular weight is 309 g/mol. The molecule has 1 heterocycles. The highest BCUT2D eigenvalue weighted by Crippen LogP contribution is 2.16. The minimum absolute atomic E-state index is 0.230. The van der Waals surface area contributed by atoms with Crippen LogP contribution in [0, 0.1) is 0 Å². The van der Waals surface area contributed by atoms with Crippen LogP contribution in [0.4, 0.5) is 4.79 Å². The van der Waals surface area contributed by atoms with Crippen molar-refractivity contribution in [3.05, 3.63) is 71.8 Å². The fourth-order valence-electron chi connectivity index (χ4n) is 2.35. The molecule has 6 nitrogen and oxygen atoms in total. The molecule has 0 bridgehead atoms. The lowest BCUT2D eigenvalue weighted by molar-refractivity contribution is -0.143. The Morgan fingerprint density at radius 1 is 1.04 bits per heavy atom. The lowest BCUT2D eigenvalue weighted by atomic mass is 10.0. The number of amides is 2. The highest BCUT2D eigenvalue weighted by Gasteiger charge is 2.38. The van der Waals surface area contributed by atoms with Crippen LogP contribution in [0.25, 0.3) is 0 Å². The first-order valence-corrected chi connectivity index (χ1v) is 7.15. The fraction of sp³-hybridized carbons (Fsp3) is 0.118. The van der Waals surface area contributed by atoms with Gasteiger partial charge in [0, 0.05) is 11.1 Å². The lowest BCUT2D eigenvalue weighted by Crippen LogP contribution is -2.61. The van der Waals surface area contributed by atoms with Crippen LogP contribution < -0.4 is 5.32 Å². The molecule has 2 aromatic rings. The van der Waals surface area contributed by atoms with E-state index in [4.69, 9.17) is 5.11 Å². The quantitative estimate of drug-likeness (QED) is 0.668. The molecule has 6 heteroatoms. The number of hydrogen-bond donors (Lipinski definition) is 2. The van der Waals surface area contributed by atoms with Crippen molar-refractivity contribution in [2.75, 3.05) is 6.54 Å². The second-order valence-electron chi connectivity index (χ2n) is 5.10. The maximum absolute atomic E-state index is 12.0. The van der Waals surface area contributed by atoms with Crippen LogP contribution in [0.2, 0.25) is 0 Å². The zero-order valence-electron chi connectivity index (χ0n) is 12.2. The Morgan fingerprint density at radius 2 is 1.57 bits per heavy atom. The van der Waals surface area contributed by atoms with Crippen molar-refractivity contribution in [2.45, 2.75) is 6.04 Å². The van der Waals surface area contributed by atoms with Gasteiger partial charge in [0.1, 0.15) is 6.04 Å². The number of hydrogen-bond acceptors (Lipinski definition) is 3.